The lowest BCUT2D eigenvalue weighted by Crippen LogP contribution is -1.97. The number of nitrogens with two attached hydrogens (primary N) is 1. The lowest BCUT2D eigenvalue weighted by atomic mass is 10.1. The molecule has 0 aliphatic rings. The van der Waals surface area contributed by atoms with Crippen molar-refractivity contribution in [1.82, 2.24) is 15.2 Å². The number of rotatable bonds is 1. The minimum Gasteiger partial charge on any atom is -0.366 e. The fourth-order valence-corrected chi connectivity index (χ4v) is 1.18. The van der Waals surface area contributed by atoms with Crippen LogP contribution in [-0.4, -0.2) is 15.2 Å². The molecule has 0 saturated heterocycles. The summed E-state index contributed by atoms with van der Waals surface area (Å²) >= 11 is 0. The van der Waals surface area contributed by atoms with Gasteiger partial charge in [-0.25, -0.2) is 4.98 Å². The lowest BCUT2D eigenvalue weighted by Gasteiger charge is -2.00. The first kappa shape index (κ1) is 8.62. The van der Waals surface area contributed by atoms with Gasteiger partial charge in [0.05, 0.1) is 11.9 Å². The molecular weight excluding hydrogens is 176 g/mol. The zero-order valence-electron chi connectivity index (χ0n) is 7.81. The monoisotopic (exact) mass is 186 g/mol. The molecule has 1 aromatic carbocycles. The largest absolute Gasteiger partial charge is 0.366 e. The van der Waals surface area contributed by atoms with Gasteiger partial charge in [-0.3, -0.25) is 0 Å². The summed E-state index contributed by atoms with van der Waals surface area (Å²) in [6, 6.07) is 8.01. The van der Waals surface area contributed by atoms with Crippen molar-refractivity contribution in [3.8, 4) is 11.3 Å². The molecular formula is C10H10N4. The SMILES string of the molecule is Cc1ccc(-c2cnnc(N)n2)cc1. The van der Waals surface area contributed by atoms with Crippen LogP contribution >= 0.6 is 0 Å². The van der Waals surface area contributed by atoms with Crippen molar-refractivity contribution in [2.75, 3.05) is 5.73 Å². The van der Waals surface area contributed by atoms with Crippen molar-refractivity contribution in [2.45, 2.75) is 6.92 Å². The fourth-order valence-electron chi connectivity index (χ4n) is 1.18. The quantitative estimate of drug-likeness (QED) is 0.731. The number of nitrogen functional groups attached to an aromatic ring is 1. The number of aryl methyl sites for hydroxylation is 1. The predicted molar refractivity (Wildman–Crippen MR) is 54.4 cm³/mol. The molecule has 70 valence electrons. The van der Waals surface area contributed by atoms with Gasteiger partial charge in [0.2, 0.25) is 5.95 Å². The first-order chi connectivity index (χ1) is 6.75. The van der Waals surface area contributed by atoms with Crippen LogP contribution in [0.5, 0.6) is 0 Å². The average Bonchev–Trinajstić information content (AvgIpc) is 2.19. The van der Waals surface area contributed by atoms with E-state index in [1.54, 1.807) is 6.20 Å². The third-order valence-electron chi connectivity index (χ3n) is 1.92. The van der Waals surface area contributed by atoms with Crippen molar-refractivity contribution in [2.24, 2.45) is 0 Å². The summed E-state index contributed by atoms with van der Waals surface area (Å²) in [7, 11) is 0. The highest BCUT2D eigenvalue weighted by Crippen LogP contribution is 2.16. The Bertz CT molecular complexity index is 436. The van der Waals surface area contributed by atoms with Gasteiger partial charge in [0.15, 0.2) is 0 Å². The number of nitrogens with zero attached hydrogens (tertiary/aromatic N) is 3. The van der Waals surface area contributed by atoms with Crippen LogP contribution in [0.15, 0.2) is 30.5 Å². The van der Waals surface area contributed by atoms with Gasteiger partial charge in [-0.05, 0) is 6.92 Å². The molecule has 0 saturated carbocycles. The third-order valence-corrected chi connectivity index (χ3v) is 1.92. The molecule has 2 aromatic rings. The fraction of sp³-hybridized carbons (Fsp3) is 0.100. The van der Waals surface area contributed by atoms with Crippen LogP contribution in [-0.2, 0) is 0 Å². The number of anilines is 1. The van der Waals surface area contributed by atoms with Crippen LogP contribution in [0, 0.1) is 6.92 Å². The van der Waals surface area contributed by atoms with Crippen molar-refractivity contribution < 1.29 is 0 Å². The van der Waals surface area contributed by atoms with Crippen molar-refractivity contribution in [3.63, 3.8) is 0 Å². The predicted octanol–water partition coefficient (Wildman–Crippen LogP) is 1.43. The molecule has 1 aromatic heterocycles. The molecule has 0 fully saturated rings. The molecule has 4 heteroatoms. The first-order valence-electron chi connectivity index (χ1n) is 4.28. The van der Waals surface area contributed by atoms with Gasteiger partial charge in [0.25, 0.3) is 0 Å². The number of hydrogen-bond acceptors (Lipinski definition) is 4. The Morgan fingerprint density at radius 2 is 1.86 bits per heavy atom. The highest BCUT2D eigenvalue weighted by Gasteiger charge is 1.99. The van der Waals surface area contributed by atoms with Crippen LogP contribution in [0.25, 0.3) is 11.3 Å². The Labute approximate surface area is 81.8 Å². The van der Waals surface area contributed by atoms with E-state index in [1.165, 1.54) is 5.56 Å². The highest BCUT2D eigenvalue weighted by atomic mass is 15.2. The van der Waals surface area contributed by atoms with Crippen LogP contribution < -0.4 is 5.73 Å². The second kappa shape index (κ2) is 3.41. The summed E-state index contributed by atoms with van der Waals surface area (Å²) in [5.41, 5.74) is 8.40. The van der Waals surface area contributed by atoms with Gasteiger partial charge < -0.3 is 5.73 Å². The second-order valence-corrected chi connectivity index (χ2v) is 3.07. The summed E-state index contributed by atoms with van der Waals surface area (Å²) in [5, 5.41) is 7.35. The molecule has 1 heterocycles. The van der Waals surface area contributed by atoms with E-state index in [4.69, 9.17) is 5.73 Å². The molecule has 0 spiro atoms. The van der Waals surface area contributed by atoms with Crippen molar-refractivity contribution in [3.05, 3.63) is 36.0 Å². The van der Waals surface area contributed by atoms with E-state index in [1.807, 2.05) is 31.2 Å². The summed E-state index contributed by atoms with van der Waals surface area (Å²) < 4.78 is 0. The Balaban J connectivity index is 2.44. The normalized spacial score (nSPS) is 10.1. The maximum absolute atomic E-state index is 5.44. The van der Waals surface area contributed by atoms with Crippen LogP contribution in [0.3, 0.4) is 0 Å². The van der Waals surface area contributed by atoms with E-state index in [0.29, 0.717) is 0 Å². The maximum atomic E-state index is 5.44. The minimum absolute atomic E-state index is 0.197. The van der Waals surface area contributed by atoms with Gasteiger partial charge in [0, 0.05) is 5.56 Å². The lowest BCUT2D eigenvalue weighted by molar-refractivity contribution is 0.990. The molecule has 0 unspecified atom stereocenters. The summed E-state index contributed by atoms with van der Waals surface area (Å²) in [5.74, 6) is 0.197. The van der Waals surface area contributed by atoms with Gasteiger partial charge in [-0.2, -0.15) is 5.10 Å². The van der Waals surface area contributed by atoms with Gasteiger partial charge in [-0.15, -0.1) is 5.10 Å². The Morgan fingerprint density at radius 3 is 2.50 bits per heavy atom. The Kier molecular flexibility index (Phi) is 2.10. The van der Waals surface area contributed by atoms with Crippen molar-refractivity contribution in [1.29, 1.82) is 0 Å². The smallest absolute Gasteiger partial charge is 0.240 e. The molecule has 2 N–H and O–H groups in total. The molecule has 0 atom stereocenters. The third kappa shape index (κ3) is 1.69. The highest BCUT2D eigenvalue weighted by molar-refractivity contribution is 5.58. The van der Waals surface area contributed by atoms with Gasteiger partial charge in [-0.1, -0.05) is 29.8 Å². The topological polar surface area (TPSA) is 64.7 Å². The molecule has 2 rings (SSSR count). The minimum atomic E-state index is 0.197. The summed E-state index contributed by atoms with van der Waals surface area (Å²) in [6.07, 6.45) is 1.60. The van der Waals surface area contributed by atoms with Crippen LogP contribution in [0.1, 0.15) is 5.56 Å². The Hall–Kier alpha value is -1.97. The van der Waals surface area contributed by atoms with E-state index >= 15 is 0 Å². The maximum Gasteiger partial charge on any atom is 0.240 e. The molecule has 0 aliphatic heterocycles. The Morgan fingerprint density at radius 1 is 1.14 bits per heavy atom. The van der Waals surface area contributed by atoms with Crippen LogP contribution in [0.2, 0.25) is 0 Å². The van der Waals surface area contributed by atoms with E-state index in [-0.39, 0.29) is 5.95 Å². The van der Waals surface area contributed by atoms with E-state index in [9.17, 15) is 0 Å². The van der Waals surface area contributed by atoms with Crippen LogP contribution in [0.4, 0.5) is 5.95 Å². The van der Waals surface area contributed by atoms with Crippen molar-refractivity contribution >= 4 is 5.95 Å². The van der Waals surface area contributed by atoms with Gasteiger partial charge in [0.1, 0.15) is 0 Å². The average molecular weight is 186 g/mol. The standard InChI is InChI=1S/C10H10N4/c1-7-2-4-8(5-3-7)9-6-12-14-10(11)13-9/h2-6H,1H3,(H2,11,13,14). The number of aromatic nitrogens is 3. The summed E-state index contributed by atoms with van der Waals surface area (Å²) in [6.45, 7) is 2.04. The summed E-state index contributed by atoms with van der Waals surface area (Å²) in [4.78, 5) is 4.08. The molecule has 0 amide bonds. The molecule has 0 radical (unpaired) electrons. The second-order valence-electron chi connectivity index (χ2n) is 3.07. The zero-order valence-corrected chi connectivity index (χ0v) is 7.81. The first-order valence-corrected chi connectivity index (χ1v) is 4.28. The van der Waals surface area contributed by atoms with E-state index < -0.39 is 0 Å². The molecule has 0 bridgehead atoms. The molecule has 0 aliphatic carbocycles. The molecule has 4 nitrogen and oxygen atoms in total. The van der Waals surface area contributed by atoms with E-state index in [0.717, 1.165) is 11.3 Å². The number of hydrogen-bond donors (Lipinski definition) is 1. The van der Waals surface area contributed by atoms with E-state index in [2.05, 4.69) is 15.2 Å². The molecule has 14 heavy (non-hydrogen) atoms. The number of benzene rings is 1. The zero-order chi connectivity index (χ0) is 9.97. The van der Waals surface area contributed by atoms with Gasteiger partial charge >= 0.3 is 0 Å².